The molecule has 2 N–H and O–H groups in total. The minimum absolute atomic E-state index is 0.0634. The topological polar surface area (TPSA) is 101 Å². The van der Waals surface area contributed by atoms with E-state index in [2.05, 4.69) is 25.9 Å². The molecule has 96 valence electrons. The number of para-hydroxylation sites is 1. The highest BCUT2D eigenvalue weighted by atomic mass is 32.2. The highest BCUT2D eigenvalue weighted by Gasteiger charge is 2.15. The number of H-pyrrole nitrogens is 1. The van der Waals surface area contributed by atoms with E-state index in [-0.39, 0.29) is 10.6 Å². The summed E-state index contributed by atoms with van der Waals surface area (Å²) in [5, 5.41) is 16.3. The van der Waals surface area contributed by atoms with Gasteiger partial charge in [-0.1, -0.05) is 24.3 Å². The van der Waals surface area contributed by atoms with E-state index in [4.69, 9.17) is 0 Å². The molecular formula is C10H13N5O2S. The first-order valence-electron chi connectivity index (χ1n) is 5.41. The summed E-state index contributed by atoms with van der Waals surface area (Å²) < 4.78 is 23.8. The summed E-state index contributed by atoms with van der Waals surface area (Å²) in [5.41, 5.74) is 0.546. The number of aromatic amines is 1. The molecule has 0 spiro atoms. The molecule has 2 aromatic rings. The number of hydrogen-bond donors (Lipinski definition) is 2. The van der Waals surface area contributed by atoms with Crippen LogP contribution in [0.25, 0.3) is 0 Å². The SMILES string of the molecule is CCS(=O)(=O)c1ccccc1NCc1nn[nH]n1. The van der Waals surface area contributed by atoms with Gasteiger partial charge >= 0.3 is 0 Å². The van der Waals surface area contributed by atoms with Crippen LogP contribution in [0.3, 0.4) is 0 Å². The van der Waals surface area contributed by atoms with Gasteiger partial charge in [0.15, 0.2) is 15.7 Å². The molecule has 0 bridgehead atoms. The van der Waals surface area contributed by atoms with E-state index >= 15 is 0 Å². The van der Waals surface area contributed by atoms with Gasteiger partial charge < -0.3 is 5.32 Å². The molecule has 0 radical (unpaired) electrons. The van der Waals surface area contributed by atoms with Crippen LogP contribution in [0, 0.1) is 0 Å². The highest BCUT2D eigenvalue weighted by molar-refractivity contribution is 7.91. The first-order valence-corrected chi connectivity index (χ1v) is 7.06. The van der Waals surface area contributed by atoms with Gasteiger partial charge in [0, 0.05) is 0 Å². The van der Waals surface area contributed by atoms with Crippen molar-refractivity contribution in [2.75, 3.05) is 11.1 Å². The standard InChI is InChI=1S/C10H13N5O2S/c1-2-18(16,17)9-6-4-3-5-8(9)11-7-10-12-14-15-13-10/h3-6,11H,2,7H2,1H3,(H,12,13,14,15). The Hall–Kier alpha value is -1.96. The number of hydrogen-bond acceptors (Lipinski definition) is 6. The van der Waals surface area contributed by atoms with Gasteiger partial charge in [0.25, 0.3) is 0 Å². The van der Waals surface area contributed by atoms with Crippen molar-refractivity contribution in [1.29, 1.82) is 0 Å². The first kappa shape index (κ1) is 12.5. The van der Waals surface area contributed by atoms with E-state index < -0.39 is 9.84 Å². The second-order valence-corrected chi connectivity index (χ2v) is 5.83. The average molecular weight is 267 g/mol. The Morgan fingerprint density at radius 2 is 2.11 bits per heavy atom. The van der Waals surface area contributed by atoms with E-state index in [1.165, 1.54) is 0 Å². The molecule has 0 fully saturated rings. The Kier molecular flexibility index (Phi) is 3.56. The summed E-state index contributed by atoms with van der Waals surface area (Å²) >= 11 is 0. The van der Waals surface area contributed by atoms with Crippen LogP contribution in [-0.2, 0) is 16.4 Å². The number of aromatic nitrogens is 4. The van der Waals surface area contributed by atoms with Crippen molar-refractivity contribution in [3.63, 3.8) is 0 Å². The molecule has 1 aromatic heterocycles. The van der Waals surface area contributed by atoms with Crippen LogP contribution in [0.5, 0.6) is 0 Å². The second-order valence-electron chi connectivity index (χ2n) is 3.58. The summed E-state index contributed by atoms with van der Waals surface area (Å²) in [6, 6.07) is 6.76. The minimum Gasteiger partial charge on any atom is -0.377 e. The van der Waals surface area contributed by atoms with Crippen LogP contribution in [0.4, 0.5) is 5.69 Å². The molecule has 1 heterocycles. The Bertz CT molecular complexity index is 609. The maximum absolute atomic E-state index is 11.9. The Morgan fingerprint density at radius 1 is 1.33 bits per heavy atom. The molecule has 0 aliphatic rings. The van der Waals surface area contributed by atoms with Crippen molar-refractivity contribution in [3.8, 4) is 0 Å². The molecule has 0 amide bonds. The average Bonchev–Trinajstić information content (AvgIpc) is 2.90. The predicted octanol–water partition coefficient (Wildman–Crippen LogP) is 0.605. The van der Waals surface area contributed by atoms with Gasteiger partial charge in [0.1, 0.15) is 0 Å². The number of rotatable bonds is 5. The maximum Gasteiger partial charge on any atom is 0.193 e. The highest BCUT2D eigenvalue weighted by Crippen LogP contribution is 2.22. The third-order valence-electron chi connectivity index (χ3n) is 2.43. The van der Waals surface area contributed by atoms with Crippen molar-refractivity contribution in [3.05, 3.63) is 30.1 Å². The molecule has 0 aliphatic heterocycles. The van der Waals surface area contributed by atoms with Gasteiger partial charge in [-0.2, -0.15) is 5.21 Å². The molecular weight excluding hydrogens is 254 g/mol. The van der Waals surface area contributed by atoms with Crippen molar-refractivity contribution in [2.45, 2.75) is 18.4 Å². The molecule has 0 atom stereocenters. The van der Waals surface area contributed by atoms with E-state index in [9.17, 15) is 8.42 Å². The molecule has 2 rings (SSSR count). The molecule has 0 saturated carbocycles. The molecule has 0 unspecified atom stereocenters. The van der Waals surface area contributed by atoms with E-state index in [1.807, 2.05) is 0 Å². The molecule has 8 heteroatoms. The second kappa shape index (κ2) is 5.13. The number of tetrazole rings is 1. The fourth-order valence-corrected chi connectivity index (χ4v) is 2.54. The number of benzene rings is 1. The zero-order valence-electron chi connectivity index (χ0n) is 9.79. The molecule has 0 saturated heterocycles. The lowest BCUT2D eigenvalue weighted by atomic mass is 10.3. The summed E-state index contributed by atoms with van der Waals surface area (Å²) in [7, 11) is -3.25. The summed E-state index contributed by atoms with van der Waals surface area (Å²) in [5.74, 6) is 0.534. The summed E-state index contributed by atoms with van der Waals surface area (Å²) in [4.78, 5) is 0.288. The third kappa shape index (κ3) is 2.65. The number of nitrogens with one attached hydrogen (secondary N) is 2. The zero-order valence-corrected chi connectivity index (χ0v) is 10.6. The van der Waals surface area contributed by atoms with Crippen molar-refractivity contribution < 1.29 is 8.42 Å². The minimum atomic E-state index is -3.25. The van der Waals surface area contributed by atoms with Crippen molar-refractivity contribution >= 4 is 15.5 Å². The lowest BCUT2D eigenvalue weighted by Gasteiger charge is -2.10. The van der Waals surface area contributed by atoms with Gasteiger partial charge in [-0.25, -0.2) is 8.42 Å². The van der Waals surface area contributed by atoms with E-state index in [1.54, 1.807) is 31.2 Å². The maximum atomic E-state index is 11.9. The van der Waals surface area contributed by atoms with Gasteiger partial charge in [-0.3, -0.25) is 0 Å². The van der Waals surface area contributed by atoms with Crippen LogP contribution in [0.1, 0.15) is 12.7 Å². The van der Waals surface area contributed by atoms with Gasteiger partial charge in [0.05, 0.1) is 22.9 Å². The van der Waals surface area contributed by atoms with Crippen LogP contribution >= 0.6 is 0 Å². The van der Waals surface area contributed by atoms with Gasteiger partial charge in [0.2, 0.25) is 0 Å². The van der Waals surface area contributed by atoms with E-state index in [0.29, 0.717) is 18.1 Å². The Balaban J connectivity index is 2.23. The van der Waals surface area contributed by atoms with Crippen molar-refractivity contribution in [2.24, 2.45) is 0 Å². The van der Waals surface area contributed by atoms with E-state index in [0.717, 1.165) is 0 Å². The summed E-state index contributed by atoms with van der Waals surface area (Å²) in [6.07, 6.45) is 0. The number of sulfone groups is 1. The van der Waals surface area contributed by atoms with Crippen molar-refractivity contribution in [1.82, 2.24) is 20.6 Å². The fourth-order valence-electron chi connectivity index (χ4n) is 1.47. The van der Waals surface area contributed by atoms with Crippen LogP contribution in [-0.4, -0.2) is 34.8 Å². The third-order valence-corrected chi connectivity index (χ3v) is 4.21. The zero-order chi connectivity index (χ0) is 13.0. The van der Waals surface area contributed by atoms with Gasteiger partial charge in [-0.05, 0) is 12.1 Å². The quantitative estimate of drug-likeness (QED) is 0.823. The van der Waals surface area contributed by atoms with Crippen LogP contribution < -0.4 is 5.32 Å². The molecule has 7 nitrogen and oxygen atoms in total. The lowest BCUT2D eigenvalue weighted by Crippen LogP contribution is -2.09. The Morgan fingerprint density at radius 3 is 2.78 bits per heavy atom. The molecule has 0 aliphatic carbocycles. The van der Waals surface area contributed by atoms with Crippen LogP contribution in [0.2, 0.25) is 0 Å². The fraction of sp³-hybridized carbons (Fsp3) is 0.300. The first-order chi connectivity index (χ1) is 8.63. The normalized spacial score (nSPS) is 11.4. The predicted molar refractivity (Wildman–Crippen MR) is 65.7 cm³/mol. The lowest BCUT2D eigenvalue weighted by molar-refractivity contribution is 0.597. The smallest absolute Gasteiger partial charge is 0.193 e. The van der Waals surface area contributed by atoms with Crippen LogP contribution in [0.15, 0.2) is 29.2 Å². The molecule has 18 heavy (non-hydrogen) atoms. The summed E-state index contributed by atoms with van der Waals surface area (Å²) in [6.45, 7) is 1.93. The number of anilines is 1. The Labute approximate surface area is 105 Å². The number of nitrogens with zero attached hydrogens (tertiary/aromatic N) is 3. The molecule has 1 aromatic carbocycles. The largest absolute Gasteiger partial charge is 0.377 e. The van der Waals surface area contributed by atoms with Gasteiger partial charge in [-0.15, -0.1) is 10.2 Å². The monoisotopic (exact) mass is 267 g/mol.